The van der Waals surface area contributed by atoms with Gasteiger partial charge in [0.25, 0.3) is 5.91 Å². The van der Waals surface area contributed by atoms with E-state index in [9.17, 15) is 9.90 Å². The van der Waals surface area contributed by atoms with Gasteiger partial charge in [-0.25, -0.2) is 0 Å². The number of hydrogen-bond donors (Lipinski definition) is 1. The molecule has 2 rings (SSSR count). The van der Waals surface area contributed by atoms with Crippen LogP contribution in [0.5, 0.6) is 5.75 Å². The fourth-order valence-corrected chi connectivity index (χ4v) is 2.73. The maximum atomic E-state index is 12.4. The molecule has 0 saturated heterocycles. The van der Waals surface area contributed by atoms with Crippen LogP contribution in [0, 0.1) is 0 Å². The molecule has 0 saturated carbocycles. The fourth-order valence-electron chi connectivity index (χ4n) is 1.96. The van der Waals surface area contributed by atoms with E-state index in [4.69, 9.17) is 0 Å². The molecule has 0 radical (unpaired) electrons. The van der Waals surface area contributed by atoms with Crippen LogP contribution in [-0.2, 0) is 6.54 Å². The maximum Gasteiger partial charge on any atom is 0.257 e. The van der Waals surface area contributed by atoms with Crippen LogP contribution in [0.2, 0.25) is 0 Å². The van der Waals surface area contributed by atoms with Crippen molar-refractivity contribution in [2.75, 3.05) is 13.3 Å². The molecule has 2 aromatic carbocycles. The number of aromatic hydroxyl groups is 1. The van der Waals surface area contributed by atoms with Gasteiger partial charge >= 0.3 is 0 Å². The molecule has 0 bridgehead atoms. The molecule has 21 heavy (non-hydrogen) atoms. The van der Waals surface area contributed by atoms with Crippen LogP contribution in [0.25, 0.3) is 0 Å². The van der Waals surface area contributed by atoms with Crippen molar-refractivity contribution < 1.29 is 9.90 Å². The largest absolute Gasteiger partial charge is 0.507 e. The number of benzene rings is 2. The Bertz CT molecular complexity index is 643. The molecule has 0 atom stereocenters. The van der Waals surface area contributed by atoms with Gasteiger partial charge in [0.15, 0.2) is 0 Å². The van der Waals surface area contributed by atoms with Crippen molar-refractivity contribution in [1.29, 1.82) is 0 Å². The fraction of sp³-hybridized carbons (Fsp3) is 0.188. The van der Waals surface area contributed by atoms with Gasteiger partial charge in [-0.15, -0.1) is 11.8 Å². The Morgan fingerprint density at radius 3 is 2.52 bits per heavy atom. The summed E-state index contributed by atoms with van der Waals surface area (Å²) in [5, 5.41) is 9.82. The van der Waals surface area contributed by atoms with Crippen LogP contribution < -0.4 is 0 Å². The highest BCUT2D eigenvalue weighted by molar-refractivity contribution is 9.10. The minimum absolute atomic E-state index is 0.00668. The summed E-state index contributed by atoms with van der Waals surface area (Å²) in [4.78, 5) is 15.2. The second-order valence-electron chi connectivity index (χ2n) is 4.67. The van der Waals surface area contributed by atoms with Crippen LogP contribution in [0.3, 0.4) is 0 Å². The molecular weight excluding hydrogens is 350 g/mol. The van der Waals surface area contributed by atoms with Crippen LogP contribution >= 0.6 is 27.7 Å². The molecule has 0 aliphatic carbocycles. The summed E-state index contributed by atoms with van der Waals surface area (Å²) in [6.45, 7) is 0.499. The number of thioether (sulfide) groups is 1. The predicted octanol–water partition coefficient (Wildman–Crippen LogP) is 4.15. The average Bonchev–Trinajstić information content (AvgIpc) is 2.49. The maximum absolute atomic E-state index is 12.4. The Morgan fingerprint density at radius 1 is 1.24 bits per heavy atom. The minimum atomic E-state index is -0.206. The Hall–Kier alpha value is -1.46. The summed E-state index contributed by atoms with van der Waals surface area (Å²) in [5.41, 5.74) is 1.35. The van der Waals surface area contributed by atoms with E-state index in [1.54, 1.807) is 35.8 Å². The van der Waals surface area contributed by atoms with Crippen molar-refractivity contribution in [3.63, 3.8) is 0 Å². The van der Waals surface area contributed by atoms with E-state index in [0.717, 1.165) is 10.0 Å². The monoisotopic (exact) mass is 365 g/mol. The van der Waals surface area contributed by atoms with Gasteiger partial charge in [0.1, 0.15) is 5.75 Å². The zero-order chi connectivity index (χ0) is 15.4. The molecule has 0 aliphatic rings. The van der Waals surface area contributed by atoms with Gasteiger partial charge in [0, 0.05) is 23.0 Å². The lowest BCUT2D eigenvalue weighted by Gasteiger charge is -2.18. The third kappa shape index (κ3) is 4.02. The first-order chi connectivity index (χ1) is 10.0. The predicted molar refractivity (Wildman–Crippen MR) is 89.8 cm³/mol. The molecule has 1 amide bonds. The van der Waals surface area contributed by atoms with Gasteiger partial charge in [0.05, 0.1) is 5.56 Å². The highest BCUT2D eigenvalue weighted by atomic mass is 79.9. The summed E-state index contributed by atoms with van der Waals surface area (Å²) < 4.78 is 0.765. The number of phenols is 1. The number of phenolic OH excluding ortho intramolecular Hbond substituents is 1. The van der Waals surface area contributed by atoms with Crippen LogP contribution in [0.4, 0.5) is 0 Å². The van der Waals surface area contributed by atoms with E-state index in [-0.39, 0.29) is 11.7 Å². The van der Waals surface area contributed by atoms with Crippen LogP contribution in [0.15, 0.2) is 51.8 Å². The Labute approximate surface area is 137 Å². The number of carbonyl (C=O) groups is 1. The van der Waals surface area contributed by atoms with Gasteiger partial charge in [-0.2, -0.15) is 0 Å². The molecule has 1 N–H and O–H groups in total. The molecule has 5 heteroatoms. The quantitative estimate of drug-likeness (QED) is 0.827. The molecular formula is C16H16BrNO2S. The normalized spacial score (nSPS) is 10.4. The topological polar surface area (TPSA) is 40.5 Å². The smallest absolute Gasteiger partial charge is 0.257 e. The minimum Gasteiger partial charge on any atom is -0.507 e. The van der Waals surface area contributed by atoms with E-state index >= 15 is 0 Å². The standard InChI is InChI=1S/C16H16BrNO2S/c1-18(10-11-3-6-13(21-2)7-4-11)16(20)14-9-12(17)5-8-15(14)19/h3-9,19H,10H2,1-2H3. The zero-order valence-electron chi connectivity index (χ0n) is 11.8. The first-order valence-corrected chi connectivity index (χ1v) is 8.40. The van der Waals surface area contributed by atoms with Gasteiger partial charge in [-0.05, 0) is 42.2 Å². The van der Waals surface area contributed by atoms with Crippen molar-refractivity contribution in [3.8, 4) is 5.75 Å². The third-order valence-electron chi connectivity index (χ3n) is 3.11. The first kappa shape index (κ1) is 15.9. The third-order valence-corrected chi connectivity index (χ3v) is 4.35. The second-order valence-corrected chi connectivity index (χ2v) is 6.47. The van der Waals surface area contributed by atoms with Crippen molar-refractivity contribution in [2.45, 2.75) is 11.4 Å². The SMILES string of the molecule is CSc1ccc(CN(C)C(=O)c2cc(Br)ccc2O)cc1. The summed E-state index contributed by atoms with van der Waals surface area (Å²) >= 11 is 5.00. The van der Waals surface area contributed by atoms with Crippen molar-refractivity contribution in [1.82, 2.24) is 4.90 Å². The summed E-state index contributed by atoms with van der Waals surface area (Å²) in [6.07, 6.45) is 2.03. The molecule has 0 fully saturated rings. The van der Waals surface area contributed by atoms with E-state index < -0.39 is 0 Å². The average molecular weight is 366 g/mol. The van der Waals surface area contributed by atoms with Gasteiger partial charge < -0.3 is 10.0 Å². The lowest BCUT2D eigenvalue weighted by atomic mass is 10.1. The number of rotatable bonds is 4. The van der Waals surface area contributed by atoms with E-state index in [0.29, 0.717) is 12.1 Å². The molecule has 0 aliphatic heterocycles. The van der Waals surface area contributed by atoms with Gasteiger partial charge in [-0.3, -0.25) is 4.79 Å². The summed E-state index contributed by atoms with van der Waals surface area (Å²) in [7, 11) is 1.73. The summed E-state index contributed by atoms with van der Waals surface area (Å²) in [5.74, 6) is -0.212. The number of halogens is 1. The number of amides is 1. The molecule has 0 unspecified atom stereocenters. The molecule has 0 aromatic heterocycles. The Balaban J connectivity index is 2.13. The van der Waals surface area contributed by atoms with Crippen molar-refractivity contribution >= 4 is 33.6 Å². The highest BCUT2D eigenvalue weighted by Crippen LogP contribution is 2.23. The van der Waals surface area contributed by atoms with E-state index in [1.807, 2.05) is 30.5 Å². The van der Waals surface area contributed by atoms with Crippen molar-refractivity contribution in [3.05, 3.63) is 58.1 Å². The molecule has 0 spiro atoms. The van der Waals surface area contributed by atoms with Gasteiger partial charge in [-0.1, -0.05) is 28.1 Å². The van der Waals surface area contributed by atoms with E-state index in [1.165, 1.54) is 11.0 Å². The van der Waals surface area contributed by atoms with Gasteiger partial charge in [0.2, 0.25) is 0 Å². The number of carbonyl (C=O) groups excluding carboxylic acids is 1. The number of nitrogens with zero attached hydrogens (tertiary/aromatic N) is 1. The van der Waals surface area contributed by atoms with Crippen LogP contribution in [0.1, 0.15) is 15.9 Å². The summed E-state index contributed by atoms with van der Waals surface area (Å²) in [6, 6.07) is 12.9. The van der Waals surface area contributed by atoms with Crippen LogP contribution in [-0.4, -0.2) is 29.2 Å². The second kappa shape index (κ2) is 7.00. The number of hydrogen-bond acceptors (Lipinski definition) is 3. The Morgan fingerprint density at radius 2 is 1.90 bits per heavy atom. The lowest BCUT2D eigenvalue weighted by Crippen LogP contribution is -2.26. The van der Waals surface area contributed by atoms with Crippen molar-refractivity contribution in [2.24, 2.45) is 0 Å². The van der Waals surface area contributed by atoms with E-state index in [2.05, 4.69) is 15.9 Å². The molecule has 3 nitrogen and oxygen atoms in total. The molecule has 0 heterocycles. The lowest BCUT2D eigenvalue weighted by molar-refractivity contribution is 0.0782. The highest BCUT2D eigenvalue weighted by Gasteiger charge is 2.16. The molecule has 2 aromatic rings. The molecule has 110 valence electrons. The zero-order valence-corrected chi connectivity index (χ0v) is 14.2. The Kier molecular flexibility index (Phi) is 5.31. The first-order valence-electron chi connectivity index (χ1n) is 6.38.